The topological polar surface area (TPSA) is 79.4 Å². The molecule has 2 heterocycles. The van der Waals surface area contributed by atoms with Gasteiger partial charge in [0.2, 0.25) is 5.91 Å². The molecule has 0 unspecified atom stereocenters. The second-order valence-electron chi connectivity index (χ2n) is 4.95. The van der Waals surface area contributed by atoms with E-state index in [9.17, 15) is 14.4 Å². The van der Waals surface area contributed by atoms with Gasteiger partial charge in [0.25, 0.3) is 11.7 Å². The highest BCUT2D eigenvalue weighted by molar-refractivity contribution is 6.52. The normalized spacial score (nSPS) is 13.2. The summed E-state index contributed by atoms with van der Waals surface area (Å²) in [4.78, 5) is 41.3. The highest BCUT2D eigenvalue weighted by Crippen LogP contribution is 2.31. The van der Waals surface area contributed by atoms with Crippen molar-refractivity contribution < 1.29 is 14.4 Å². The smallest absolute Gasteiger partial charge is 0.299 e. The van der Waals surface area contributed by atoms with E-state index in [4.69, 9.17) is 0 Å². The van der Waals surface area contributed by atoms with Gasteiger partial charge in [0.05, 0.1) is 11.3 Å². The summed E-state index contributed by atoms with van der Waals surface area (Å²) in [6, 6.07) is 10.2. The van der Waals surface area contributed by atoms with Gasteiger partial charge in [0, 0.05) is 6.20 Å². The lowest BCUT2D eigenvalue weighted by molar-refractivity contribution is -0.118. The number of benzene rings is 1. The zero-order chi connectivity index (χ0) is 15.7. The zero-order valence-corrected chi connectivity index (χ0v) is 11.9. The number of carbonyl (C=O) groups is 3. The van der Waals surface area contributed by atoms with Gasteiger partial charge in [0.15, 0.2) is 0 Å². The lowest BCUT2D eigenvalue weighted by Gasteiger charge is -2.17. The fourth-order valence-corrected chi connectivity index (χ4v) is 2.45. The van der Waals surface area contributed by atoms with E-state index < -0.39 is 17.6 Å². The van der Waals surface area contributed by atoms with Crippen LogP contribution in [0.2, 0.25) is 0 Å². The van der Waals surface area contributed by atoms with Gasteiger partial charge in [-0.1, -0.05) is 18.2 Å². The van der Waals surface area contributed by atoms with Crippen LogP contribution in [0, 0.1) is 6.92 Å². The van der Waals surface area contributed by atoms with Gasteiger partial charge in [-0.2, -0.15) is 0 Å². The Kier molecular flexibility index (Phi) is 3.42. The average molecular weight is 295 g/mol. The number of ketones is 1. The van der Waals surface area contributed by atoms with Gasteiger partial charge in [0.1, 0.15) is 12.4 Å². The van der Waals surface area contributed by atoms with E-state index in [1.54, 1.807) is 49.5 Å². The Labute approximate surface area is 126 Å². The first-order chi connectivity index (χ1) is 10.6. The molecular formula is C16H13N3O3. The molecule has 1 N–H and O–H groups in total. The van der Waals surface area contributed by atoms with Gasteiger partial charge in [-0.15, -0.1) is 0 Å². The van der Waals surface area contributed by atoms with E-state index in [2.05, 4.69) is 10.3 Å². The Bertz CT molecular complexity index is 771. The van der Waals surface area contributed by atoms with Crippen LogP contribution in [0.1, 0.15) is 15.9 Å². The maximum atomic E-state index is 12.1. The number of aromatic nitrogens is 1. The quantitative estimate of drug-likeness (QED) is 0.871. The molecule has 0 fully saturated rings. The lowest BCUT2D eigenvalue weighted by atomic mass is 10.1. The summed E-state index contributed by atoms with van der Waals surface area (Å²) in [5.74, 6) is -1.27. The third-order valence-electron chi connectivity index (χ3n) is 3.43. The molecule has 3 rings (SSSR count). The number of hydrogen-bond donors (Lipinski definition) is 1. The minimum Gasteiger partial charge on any atom is -0.309 e. The molecule has 1 aliphatic rings. The van der Waals surface area contributed by atoms with Gasteiger partial charge in [-0.05, 0) is 30.7 Å². The summed E-state index contributed by atoms with van der Waals surface area (Å²) in [5.41, 5.74) is 1.63. The molecule has 0 spiro atoms. The molecule has 1 aliphatic heterocycles. The number of nitrogens with zero attached hydrogens (tertiary/aromatic N) is 2. The Morgan fingerprint density at radius 1 is 1.18 bits per heavy atom. The van der Waals surface area contributed by atoms with E-state index in [-0.39, 0.29) is 6.54 Å². The Morgan fingerprint density at radius 2 is 2.00 bits per heavy atom. The van der Waals surface area contributed by atoms with Crippen LogP contribution in [0.3, 0.4) is 0 Å². The standard InChI is InChI=1S/C16H13N3O3/c1-10-5-4-6-11-14(10)19(16(22)15(11)21)9-13(20)18-12-7-2-3-8-17-12/h2-8H,9H2,1H3,(H,17,18,20). The van der Waals surface area contributed by atoms with Gasteiger partial charge in [-0.3, -0.25) is 19.3 Å². The van der Waals surface area contributed by atoms with Gasteiger partial charge < -0.3 is 5.32 Å². The van der Waals surface area contributed by atoms with Crippen molar-refractivity contribution in [3.8, 4) is 0 Å². The van der Waals surface area contributed by atoms with E-state index >= 15 is 0 Å². The molecule has 22 heavy (non-hydrogen) atoms. The van der Waals surface area contributed by atoms with Crippen LogP contribution in [-0.2, 0) is 9.59 Å². The van der Waals surface area contributed by atoms with E-state index in [1.165, 1.54) is 4.90 Å². The molecule has 110 valence electrons. The SMILES string of the molecule is Cc1cccc2c1N(CC(=O)Nc1ccccn1)C(=O)C2=O. The van der Waals surface area contributed by atoms with E-state index in [0.29, 0.717) is 17.1 Å². The molecule has 2 amide bonds. The number of Topliss-reactive ketones (excluding diaryl/α,β-unsaturated/α-hetero) is 1. The highest BCUT2D eigenvalue weighted by Gasteiger charge is 2.37. The van der Waals surface area contributed by atoms with Crippen molar-refractivity contribution >= 4 is 29.1 Å². The van der Waals surface area contributed by atoms with Crippen LogP contribution in [-0.4, -0.2) is 29.1 Å². The highest BCUT2D eigenvalue weighted by atomic mass is 16.2. The summed E-state index contributed by atoms with van der Waals surface area (Å²) < 4.78 is 0. The molecule has 1 aromatic heterocycles. The molecule has 2 aromatic rings. The Balaban J connectivity index is 1.83. The number of fused-ring (bicyclic) bond motifs is 1. The first-order valence-electron chi connectivity index (χ1n) is 6.74. The monoisotopic (exact) mass is 295 g/mol. The predicted molar refractivity (Wildman–Crippen MR) is 80.7 cm³/mol. The number of nitrogens with one attached hydrogen (secondary N) is 1. The molecule has 1 aromatic carbocycles. The third kappa shape index (κ3) is 2.35. The largest absolute Gasteiger partial charge is 0.309 e. The number of hydrogen-bond acceptors (Lipinski definition) is 4. The van der Waals surface area contributed by atoms with Crippen LogP contribution in [0.4, 0.5) is 11.5 Å². The number of amides is 2. The summed E-state index contributed by atoms with van der Waals surface area (Å²) >= 11 is 0. The molecule has 0 saturated heterocycles. The third-order valence-corrected chi connectivity index (χ3v) is 3.43. The number of aryl methyl sites for hydroxylation is 1. The van der Waals surface area contributed by atoms with Crippen molar-refractivity contribution in [1.82, 2.24) is 4.98 Å². The van der Waals surface area contributed by atoms with Gasteiger partial charge >= 0.3 is 0 Å². The van der Waals surface area contributed by atoms with Crippen LogP contribution >= 0.6 is 0 Å². The fourth-order valence-electron chi connectivity index (χ4n) is 2.45. The van der Waals surface area contributed by atoms with E-state index in [0.717, 1.165) is 5.56 Å². The van der Waals surface area contributed by atoms with Crippen molar-refractivity contribution in [2.24, 2.45) is 0 Å². The van der Waals surface area contributed by atoms with Crippen LogP contribution in [0.25, 0.3) is 0 Å². The number of carbonyl (C=O) groups excluding carboxylic acids is 3. The van der Waals surface area contributed by atoms with Crippen molar-refractivity contribution in [3.05, 3.63) is 53.7 Å². The first kappa shape index (κ1) is 13.9. The number of anilines is 2. The zero-order valence-electron chi connectivity index (χ0n) is 11.9. The summed E-state index contributed by atoms with van der Waals surface area (Å²) in [7, 11) is 0. The van der Waals surface area contributed by atoms with Crippen molar-refractivity contribution in [2.75, 3.05) is 16.8 Å². The van der Waals surface area contributed by atoms with Crippen molar-refractivity contribution in [2.45, 2.75) is 6.92 Å². The molecule has 0 saturated carbocycles. The minimum atomic E-state index is -0.680. The predicted octanol–water partition coefficient (Wildman–Crippen LogP) is 1.56. The molecule has 0 aliphatic carbocycles. The molecule has 6 heteroatoms. The van der Waals surface area contributed by atoms with Gasteiger partial charge in [-0.25, -0.2) is 4.98 Å². The minimum absolute atomic E-state index is 0.223. The average Bonchev–Trinajstić information content (AvgIpc) is 2.75. The maximum Gasteiger partial charge on any atom is 0.299 e. The molecule has 6 nitrogen and oxygen atoms in total. The van der Waals surface area contributed by atoms with Crippen molar-refractivity contribution in [1.29, 1.82) is 0 Å². The molecule has 0 bridgehead atoms. The van der Waals surface area contributed by atoms with Crippen LogP contribution in [0.5, 0.6) is 0 Å². The Hall–Kier alpha value is -3.02. The van der Waals surface area contributed by atoms with Crippen LogP contribution in [0.15, 0.2) is 42.6 Å². The van der Waals surface area contributed by atoms with Crippen LogP contribution < -0.4 is 10.2 Å². The molecule has 0 atom stereocenters. The summed E-state index contributed by atoms with van der Waals surface area (Å²) in [5, 5.41) is 2.60. The lowest BCUT2D eigenvalue weighted by Crippen LogP contribution is -2.37. The second kappa shape index (κ2) is 5.40. The molecular weight excluding hydrogens is 282 g/mol. The summed E-state index contributed by atoms with van der Waals surface area (Å²) in [6.45, 7) is 1.58. The number of rotatable bonds is 3. The number of pyridine rings is 1. The second-order valence-corrected chi connectivity index (χ2v) is 4.95. The first-order valence-corrected chi connectivity index (χ1v) is 6.74. The van der Waals surface area contributed by atoms with Crippen molar-refractivity contribution in [3.63, 3.8) is 0 Å². The fraction of sp³-hybridized carbons (Fsp3) is 0.125. The molecule has 0 radical (unpaired) electrons. The number of para-hydroxylation sites is 1. The summed E-state index contributed by atoms with van der Waals surface area (Å²) in [6.07, 6.45) is 1.56. The van der Waals surface area contributed by atoms with E-state index in [1.807, 2.05) is 0 Å². The Morgan fingerprint density at radius 3 is 2.73 bits per heavy atom. The maximum absolute atomic E-state index is 12.1.